The highest BCUT2D eigenvalue weighted by atomic mass is 32.2. The summed E-state index contributed by atoms with van der Waals surface area (Å²) in [5.74, 6) is -0.0175. The van der Waals surface area contributed by atoms with Crippen LogP contribution < -0.4 is 0 Å². The van der Waals surface area contributed by atoms with Gasteiger partial charge >= 0.3 is 0 Å². The molecule has 0 bridgehead atoms. The Morgan fingerprint density at radius 1 is 1.21 bits per heavy atom. The molecule has 1 aromatic rings. The van der Waals surface area contributed by atoms with Crippen LogP contribution in [0.4, 0.5) is 0 Å². The Morgan fingerprint density at radius 2 is 1.86 bits per heavy atom. The van der Waals surface area contributed by atoms with Crippen molar-refractivity contribution in [3.8, 4) is 0 Å². The summed E-state index contributed by atoms with van der Waals surface area (Å²) in [6.07, 6.45) is 2.96. The summed E-state index contributed by atoms with van der Waals surface area (Å²) in [4.78, 5) is 0. The molecule has 0 saturated carbocycles. The number of sulfone groups is 1. The molecule has 0 heterocycles. The van der Waals surface area contributed by atoms with Crippen molar-refractivity contribution in [1.29, 1.82) is 0 Å². The SMILES string of the molecule is C=CCS(=O)(=O)C=Cc1ccccc1. The molecule has 1 aromatic carbocycles. The van der Waals surface area contributed by atoms with Crippen molar-refractivity contribution in [3.63, 3.8) is 0 Å². The Balaban J connectivity index is 2.79. The Bertz CT molecular complexity index is 416. The zero-order chi connectivity index (χ0) is 10.4. The van der Waals surface area contributed by atoms with Crippen molar-refractivity contribution < 1.29 is 8.42 Å². The molecule has 0 spiro atoms. The van der Waals surface area contributed by atoms with E-state index in [2.05, 4.69) is 6.58 Å². The molecule has 2 nitrogen and oxygen atoms in total. The minimum atomic E-state index is -3.13. The van der Waals surface area contributed by atoms with Crippen molar-refractivity contribution in [2.75, 3.05) is 5.75 Å². The van der Waals surface area contributed by atoms with Crippen molar-refractivity contribution in [3.05, 3.63) is 54.0 Å². The molecule has 0 N–H and O–H groups in total. The van der Waals surface area contributed by atoms with E-state index in [-0.39, 0.29) is 5.75 Å². The van der Waals surface area contributed by atoms with Gasteiger partial charge in [-0.2, -0.15) is 0 Å². The third-order valence-electron chi connectivity index (χ3n) is 1.62. The van der Waals surface area contributed by atoms with Gasteiger partial charge in [-0.15, -0.1) is 6.58 Å². The van der Waals surface area contributed by atoms with E-state index in [1.807, 2.05) is 30.3 Å². The van der Waals surface area contributed by atoms with Crippen LogP contribution in [0, 0.1) is 0 Å². The van der Waals surface area contributed by atoms with Gasteiger partial charge in [0.05, 0.1) is 5.75 Å². The van der Waals surface area contributed by atoms with Crippen molar-refractivity contribution in [2.24, 2.45) is 0 Å². The number of rotatable bonds is 4. The predicted octanol–water partition coefficient (Wildman–Crippen LogP) is 2.26. The Hall–Kier alpha value is -1.35. The molecule has 0 amide bonds. The third-order valence-corrected chi connectivity index (χ3v) is 2.87. The van der Waals surface area contributed by atoms with Crippen molar-refractivity contribution in [2.45, 2.75) is 0 Å². The molecule has 0 aromatic heterocycles. The van der Waals surface area contributed by atoms with Crippen LogP contribution in [0.1, 0.15) is 5.56 Å². The summed E-state index contributed by atoms with van der Waals surface area (Å²) in [5.41, 5.74) is 0.875. The fourth-order valence-electron chi connectivity index (χ4n) is 0.966. The molecular formula is C11H12O2S. The molecule has 0 aliphatic carbocycles. The van der Waals surface area contributed by atoms with Gasteiger partial charge < -0.3 is 0 Å². The first kappa shape index (κ1) is 10.7. The van der Waals surface area contributed by atoms with Crippen LogP contribution >= 0.6 is 0 Å². The van der Waals surface area contributed by atoms with Crippen molar-refractivity contribution >= 4 is 15.9 Å². The lowest BCUT2D eigenvalue weighted by atomic mass is 10.2. The van der Waals surface area contributed by atoms with Gasteiger partial charge in [0.2, 0.25) is 0 Å². The summed E-state index contributed by atoms with van der Waals surface area (Å²) in [6, 6.07) is 9.30. The van der Waals surface area contributed by atoms with Gasteiger partial charge in [-0.05, 0) is 11.6 Å². The van der Waals surface area contributed by atoms with Crippen LogP contribution in [-0.2, 0) is 9.84 Å². The van der Waals surface area contributed by atoms with Crippen LogP contribution in [0.3, 0.4) is 0 Å². The fourth-order valence-corrected chi connectivity index (χ4v) is 1.77. The lowest BCUT2D eigenvalue weighted by Crippen LogP contribution is -1.97. The van der Waals surface area contributed by atoms with Crippen LogP contribution in [-0.4, -0.2) is 14.2 Å². The first-order chi connectivity index (χ1) is 6.64. The Labute approximate surface area is 84.5 Å². The lowest BCUT2D eigenvalue weighted by molar-refractivity contribution is 0.607. The highest BCUT2D eigenvalue weighted by Gasteiger charge is 2.00. The van der Waals surface area contributed by atoms with E-state index in [9.17, 15) is 8.42 Å². The molecule has 74 valence electrons. The van der Waals surface area contributed by atoms with E-state index in [0.29, 0.717) is 0 Å². The molecule has 0 saturated heterocycles. The van der Waals surface area contributed by atoms with Gasteiger partial charge in [0.1, 0.15) is 0 Å². The summed E-state index contributed by atoms with van der Waals surface area (Å²) >= 11 is 0. The largest absolute Gasteiger partial charge is 0.224 e. The van der Waals surface area contributed by atoms with Crippen LogP contribution in [0.5, 0.6) is 0 Å². The topological polar surface area (TPSA) is 34.1 Å². The molecule has 0 fully saturated rings. The predicted molar refractivity (Wildman–Crippen MR) is 59.5 cm³/mol. The van der Waals surface area contributed by atoms with Gasteiger partial charge in [0, 0.05) is 5.41 Å². The molecule has 0 unspecified atom stereocenters. The molecule has 0 atom stereocenters. The average Bonchev–Trinajstić information content (AvgIpc) is 2.17. The first-order valence-electron chi connectivity index (χ1n) is 4.21. The van der Waals surface area contributed by atoms with Crippen LogP contribution in [0.2, 0.25) is 0 Å². The molecule has 14 heavy (non-hydrogen) atoms. The Morgan fingerprint density at radius 3 is 2.43 bits per heavy atom. The van der Waals surface area contributed by atoms with Crippen LogP contribution in [0.25, 0.3) is 6.08 Å². The quantitative estimate of drug-likeness (QED) is 0.711. The smallest absolute Gasteiger partial charge is 0.175 e. The van der Waals surface area contributed by atoms with E-state index >= 15 is 0 Å². The fraction of sp³-hybridized carbons (Fsp3) is 0.0909. The van der Waals surface area contributed by atoms with Gasteiger partial charge in [-0.25, -0.2) is 8.42 Å². The molecule has 0 radical (unpaired) electrons. The second kappa shape index (κ2) is 4.77. The highest BCUT2D eigenvalue weighted by molar-refractivity contribution is 7.94. The maximum Gasteiger partial charge on any atom is 0.175 e. The lowest BCUT2D eigenvalue weighted by Gasteiger charge is -1.93. The van der Waals surface area contributed by atoms with E-state index < -0.39 is 9.84 Å². The second-order valence-electron chi connectivity index (χ2n) is 2.83. The zero-order valence-electron chi connectivity index (χ0n) is 7.76. The summed E-state index contributed by atoms with van der Waals surface area (Å²) in [6.45, 7) is 3.39. The Kier molecular flexibility index (Phi) is 3.65. The number of hydrogen-bond donors (Lipinski definition) is 0. The van der Waals surface area contributed by atoms with E-state index in [0.717, 1.165) is 5.56 Å². The molecule has 3 heteroatoms. The average molecular weight is 208 g/mol. The van der Waals surface area contributed by atoms with Gasteiger partial charge in [0.25, 0.3) is 0 Å². The third kappa shape index (κ3) is 3.58. The van der Waals surface area contributed by atoms with E-state index in [4.69, 9.17) is 0 Å². The minimum absolute atomic E-state index is 0.0175. The van der Waals surface area contributed by atoms with Crippen molar-refractivity contribution in [1.82, 2.24) is 0 Å². The normalized spacial score (nSPS) is 11.7. The van der Waals surface area contributed by atoms with Gasteiger partial charge in [0.15, 0.2) is 9.84 Å². The maximum absolute atomic E-state index is 11.2. The highest BCUT2D eigenvalue weighted by Crippen LogP contribution is 2.03. The van der Waals surface area contributed by atoms with E-state index in [1.54, 1.807) is 6.08 Å². The molecule has 0 aliphatic rings. The zero-order valence-corrected chi connectivity index (χ0v) is 8.57. The standard InChI is InChI=1S/C11H12O2S/c1-2-9-14(12,13)10-8-11-6-4-3-5-7-11/h2-8,10H,1,9H2. The number of benzene rings is 1. The molecule has 0 aliphatic heterocycles. The monoisotopic (exact) mass is 208 g/mol. The van der Waals surface area contributed by atoms with Gasteiger partial charge in [-0.3, -0.25) is 0 Å². The summed E-state index contributed by atoms with van der Waals surface area (Å²) < 4.78 is 22.5. The maximum atomic E-state index is 11.2. The summed E-state index contributed by atoms with van der Waals surface area (Å²) in [7, 11) is -3.13. The number of hydrogen-bond acceptors (Lipinski definition) is 2. The minimum Gasteiger partial charge on any atom is -0.224 e. The summed E-state index contributed by atoms with van der Waals surface area (Å²) in [5, 5.41) is 1.21. The molecular weight excluding hydrogens is 196 g/mol. The first-order valence-corrected chi connectivity index (χ1v) is 5.92. The molecule has 1 rings (SSSR count). The van der Waals surface area contributed by atoms with E-state index in [1.165, 1.54) is 11.5 Å². The van der Waals surface area contributed by atoms with Crippen LogP contribution in [0.15, 0.2) is 48.4 Å². The second-order valence-corrected chi connectivity index (χ2v) is 4.76. The van der Waals surface area contributed by atoms with Gasteiger partial charge in [-0.1, -0.05) is 36.4 Å².